The number of nitrogens with zero attached hydrogens (tertiary/aromatic N) is 1. The summed E-state index contributed by atoms with van der Waals surface area (Å²) in [6, 6.07) is 12.5. The zero-order valence-corrected chi connectivity index (χ0v) is 12.3. The summed E-state index contributed by atoms with van der Waals surface area (Å²) < 4.78 is 14.1. The molecule has 4 heteroatoms. The van der Waals surface area contributed by atoms with E-state index in [1.165, 1.54) is 6.07 Å². The molecule has 2 N–H and O–H groups in total. The second-order valence-corrected chi connectivity index (χ2v) is 5.51. The Balaban J connectivity index is 2.03. The monoisotopic (exact) mass is 322 g/mol. The van der Waals surface area contributed by atoms with Crippen LogP contribution in [-0.4, -0.2) is 11.9 Å². The second-order valence-electron chi connectivity index (χ2n) is 4.65. The number of hydrogen-bond acceptors (Lipinski definition) is 2. The molecule has 0 heterocycles. The average molecular weight is 323 g/mol. The molecule has 2 aromatic rings. The van der Waals surface area contributed by atoms with Gasteiger partial charge in [-0.1, -0.05) is 34.1 Å². The standard InChI is InChI=1S/C15H16BrFN2/c1-19(9-11-3-2-4-13(17)7-11)10-12-5-6-14(18)8-15(12)16/h2-8H,9-10,18H2,1H3. The zero-order chi connectivity index (χ0) is 13.8. The van der Waals surface area contributed by atoms with Crippen molar-refractivity contribution in [2.75, 3.05) is 12.8 Å². The summed E-state index contributed by atoms with van der Waals surface area (Å²) in [6.45, 7) is 1.48. The fourth-order valence-electron chi connectivity index (χ4n) is 1.99. The van der Waals surface area contributed by atoms with Gasteiger partial charge in [0.15, 0.2) is 0 Å². The van der Waals surface area contributed by atoms with E-state index in [1.54, 1.807) is 12.1 Å². The molecule has 0 radical (unpaired) electrons. The van der Waals surface area contributed by atoms with Crippen molar-refractivity contribution in [1.82, 2.24) is 4.90 Å². The van der Waals surface area contributed by atoms with E-state index >= 15 is 0 Å². The summed E-state index contributed by atoms with van der Waals surface area (Å²) in [5.41, 5.74) is 8.58. The molecule has 0 saturated heterocycles. The highest BCUT2D eigenvalue weighted by Gasteiger charge is 2.06. The van der Waals surface area contributed by atoms with Gasteiger partial charge in [-0.25, -0.2) is 4.39 Å². The molecule has 2 aromatic carbocycles. The lowest BCUT2D eigenvalue weighted by Crippen LogP contribution is -2.17. The molecule has 100 valence electrons. The maximum Gasteiger partial charge on any atom is 0.123 e. The van der Waals surface area contributed by atoms with Crippen molar-refractivity contribution in [2.45, 2.75) is 13.1 Å². The number of benzene rings is 2. The zero-order valence-electron chi connectivity index (χ0n) is 10.7. The molecule has 0 unspecified atom stereocenters. The van der Waals surface area contributed by atoms with Crippen molar-refractivity contribution in [1.29, 1.82) is 0 Å². The first-order valence-electron chi connectivity index (χ1n) is 6.01. The third-order valence-electron chi connectivity index (χ3n) is 2.86. The lowest BCUT2D eigenvalue weighted by Gasteiger charge is -2.18. The molecule has 0 spiro atoms. The lowest BCUT2D eigenvalue weighted by atomic mass is 10.1. The first kappa shape index (κ1) is 14.0. The van der Waals surface area contributed by atoms with Crippen molar-refractivity contribution < 1.29 is 4.39 Å². The van der Waals surface area contributed by atoms with Crippen LogP contribution < -0.4 is 5.73 Å². The lowest BCUT2D eigenvalue weighted by molar-refractivity contribution is 0.318. The van der Waals surface area contributed by atoms with Gasteiger partial charge < -0.3 is 5.73 Å². The maximum absolute atomic E-state index is 13.1. The van der Waals surface area contributed by atoms with E-state index < -0.39 is 0 Å². The SMILES string of the molecule is CN(Cc1cccc(F)c1)Cc1ccc(N)cc1Br. The number of anilines is 1. The van der Waals surface area contributed by atoms with Crippen LogP contribution in [0.5, 0.6) is 0 Å². The van der Waals surface area contributed by atoms with Crippen molar-refractivity contribution >= 4 is 21.6 Å². The van der Waals surface area contributed by atoms with Gasteiger partial charge in [-0.15, -0.1) is 0 Å². The first-order chi connectivity index (χ1) is 9.04. The molecule has 19 heavy (non-hydrogen) atoms. The van der Waals surface area contributed by atoms with Crippen LogP contribution in [0.3, 0.4) is 0 Å². The van der Waals surface area contributed by atoms with Crippen molar-refractivity contribution in [2.24, 2.45) is 0 Å². The highest BCUT2D eigenvalue weighted by molar-refractivity contribution is 9.10. The molecular weight excluding hydrogens is 307 g/mol. The molecule has 0 aliphatic rings. The van der Waals surface area contributed by atoms with Crippen LogP contribution >= 0.6 is 15.9 Å². The normalized spacial score (nSPS) is 10.9. The number of nitrogens with two attached hydrogens (primary N) is 1. The summed E-state index contributed by atoms with van der Waals surface area (Å²) in [5, 5.41) is 0. The molecule has 0 aromatic heterocycles. The van der Waals surface area contributed by atoms with Gasteiger partial charge in [0.05, 0.1) is 0 Å². The molecule has 0 fully saturated rings. The maximum atomic E-state index is 13.1. The summed E-state index contributed by atoms with van der Waals surface area (Å²) in [5.74, 6) is -0.195. The van der Waals surface area contributed by atoms with Crippen molar-refractivity contribution in [3.8, 4) is 0 Å². The third kappa shape index (κ3) is 4.04. The van der Waals surface area contributed by atoms with E-state index in [9.17, 15) is 4.39 Å². The van der Waals surface area contributed by atoms with Crippen LogP contribution in [0, 0.1) is 5.82 Å². The van der Waals surface area contributed by atoms with Gasteiger partial charge in [-0.05, 0) is 42.4 Å². The topological polar surface area (TPSA) is 29.3 Å². The Morgan fingerprint density at radius 2 is 1.95 bits per heavy atom. The Labute approximate surface area is 121 Å². The minimum atomic E-state index is -0.195. The van der Waals surface area contributed by atoms with Gasteiger partial charge in [0.25, 0.3) is 0 Å². The molecule has 0 atom stereocenters. The highest BCUT2D eigenvalue weighted by Crippen LogP contribution is 2.21. The minimum Gasteiger partial charge on any atom is -0.399 e. The van der Waals surface area contributed by atoms with E-state index in [0.29, 0.717) is 6.54 Å². The first-order valence-corrected chi connectivity index (χ1v) is 6.81. The van der Waals surface area contributed by atoms with Crippen LogP contribution in [0.2, 0.25) is 0 Å². The molecule has 0 bridgehead atoms. The van der Waals surface area contributed by atoms with Crippen LogP contribution in [0.4, 0.5) is 10.1 Å². The van der Waals surface area contributed by atoms with Crippen molar-refractivity contribution in [3.63, 3.8) is 0 Å². The number of rotatable bonds is 4. The van der Waals surface area contributed by atoms with Crippen LogP contribution in [0.25, 0.3) is 0 Å². The third-order valence-corrected chi connectivity index (χ3v) is 3.60. The Kier molecular flexibility index (Phi) is 4.56. The van der Waals surface area contributed by atoms with E-state index in [-0.39, 0.29) is 5.82 Å². The minimum absolute atomic E-state index is 0.195. The number of halogens is 2. The Bertz CT molecular complexity index is 572. The molecule has 0 saturated carbocycles. The van der Waals surface area contributed by atoms with Crippen LogP contribution in [0.1, 0.15) is 11.1 Å². The van der Waals surface area contributed by atoms with E-state index in [4.69, 9.17) is 5.73 Å². The summed E-state index contributed by atoms with van der Waals surface area (Å²) >= 11 is 3.51. The average Bonchev–Trinajstić information content (AvgIpc) is 2.33. The second kappa shape index (κ2) is 6.17. The summed E-state index contributed by atoms with van der Waals surface area (Å²) in [7, 11) is 2.01. The molecule has 0 aliphatic heterocycles. The summed E-state index contributed by atoms with van der Waals surface area (Å²) in [6.07, 6.45) is 0. The van der Waals surface area contributed by atoms with Gasteiger partial charge in [0.2, 0.25) is 0 Å². The largest absolute Gasteiger partial charge is 0.399 e. The van der Waals surface area contributed by atoms with Crippen LogP contribution in [-0.2, 0) is 13.1 Å². The Hall–Kier alpha value is -1.39. The van der Waals surface area contributed by atoms with E-state index in [0.717, 1.165) is 27.8 Å². The quantitative estimate of drug-likeness (QED) is 0.867. The smallest absolute Gasteiger partial charge is 0.123 e. The van der Waals surface area contributed by atoms with Gasteiger partial charge in [0, 0.05) is 23.2 Å². The summed E-state index contributed by atoms with van der Waals surface area (Å²) in [4.78, 5) is 2.13. The van der Waals surface area contributed by atoms with Gasteiger partial charge >= 0.3 is 0 Å². The van der Waals surface area contributed by atoms with Gasteiger partial charge in [-0.2, -0.15) is 0 Å². The number of nitrogen functional groups attached to an aromatic ring is 1. The van der Waals surface area contributed by atoms with Crippen LogP contribution in [0.15, 0.2) is 46.9 Å². The van der Waals surface area contributed by atoms with Crippen molar-refractivity contribution in [3.05, 3.63) is 63.9 Å². The predicted molar refractivity (Wildman–Crippen MR) is 80.1 cm³/mol. The fraction of sp³-hybridized carbons (Fsp3) is 0.200. The molecular formula is C15H16BrFN2. The van der Waals surface area contributed by atoms with Gasteiger partial charge in [-0.3, -0.25) is 4.90 Å². The molecule has 2 nitrogen and oxygen atoms in total. The Morgan fingerprint density at radius 3 is 2.63 bits per heavy atom. The Morgan fingerprint density at radius 1 is 1.16 bits per heavy atom. The molecule has 2 rings (SSSR count). The van der Waals surface area contributed by atoms with Gasteiger partial charge in [0.1, 0.15) is 5.82 Å². The van der Waals surface area contributed by atoms with E-state index in [2.05, 4.69) is 20.8 Å². The van der Waals surface area contributed by atoms with E-state index in [1.807, 2.05) is 31.3 Å². The number of hydrogen-bond donors (Lipinski definition) is 1. The molecule has 0 aliphatic carbocycles. The molecule has 0 amide bonds. The fourth-order valence-corrected chi connectivity index (χ4v) is 2.51. The highest BCUT2D eigenvalue weighted by atomic mass is 79.9. The predicted octanol–water partition coefficient (Wildman–Crippen LogP) is 3.80.